The molecule has 0 spiro atoms. The molecule has 0 bridgehead atoms. The molecule has 1 heterocycles. The largest absolute Gasteiger partial charge is 0.303 e. The van der Waals surface area contributed by atoms with Crippen molar-refractivity contribution in [2.45, 2.75) is 38.6 Å². The topological polar surface area (TPSA) is 12.0 Å². The summed E-state index contributed by atoms with van der Waals surface area (Å²) in [5.74, 6) is 2.76. The second-order valence-electron chi connectivity index (χ2n) is 4.37. The first kappa shape index (κ1) is 12.3. The Hall–Kier alpha value is -0.780. The van der Waals surface area contributed by atoms with Crippen LogP contribution in [0.1, 0.15) is 32.1 Å². The van der Waals surface area contributed by atoms with Gasteiger partial charge in [-0.3, -0.25) is 0 Å². The van der Waals surface area contributed by atoms with Gasteiger partial charge in [0.25, 0.3) is 0 Å². The summed E-state index contributed by atoms with van der Waals surface area (Å²) in [5, 5.41) is 5.54. The van der Waals surface area contributed by atoms with Gasteiger partial charge in [-0.1, -0.05) is 32.8 Å². The Morgan fingerprint density at radius 3 is 2.80 bits per heavy atom. The molecule has 0 radical (unpaired) electrons. The zero-order chi connectivity index (χ0) is 11.3. The quantitative estimate of drug-likeness (QED) is 0.754. The second-order valence-corrected chi connectivity index (χ2v) is 5.32. The molecular formula is C13H19NS. The fourth-order valence-electron chi connectivity index (χ4n) is 1.45. The summed E-state index contributed by atoms with van der Waals surface area (Å²) in [7, 11) is 0. The lowest BCUT2D eigenvalue weighted by atomic mass is 9.91. The zero-order valence-electron chi connectivity index (χ0n) is 9.71. The molecule has 0 saturated carbocycles. The van der Waals surface area contributed by atoms with Crippen LogP contribution in [-0.4, -0.2) is 12.6 Å². The van der Waals surface area contributed by atoms with E-state index in [1.807, 2.05) is 0 Å². The SMILES string of the molecule is C#CC(CC)NCC(C)(C)c1cccs1. The van der Waals surface area contributed by atoms with Crippen LogP contribution in [0.25, 0.3) is 0 Å². The predicted molar refractivity (Wildman–Crippen MR) is 68.3 cm³/mol. The molecule has 2 heteroatoms. The molecule has 0 aliphatic carbocycles. The fraction of sp³-hybridized carbons (Fsp3) is 0.538. The summed E-state index contributed by atoms with van der Waals surface area (Å²) in [6, 6.07) is 4.48. The summed E-state index contributed by atoms with van der Waals surface area (Å²) in [6.07, 6.45) is 6.40. The lowest BCUT2D eigenvalue weighted by molar-refractivity contribution is 0.452. The molecule has 1 unspecified atom stereocenters. The van der Waals surface area contributed by atoms with E-state index < -0.39 is 0 Å². The van der Waals surface area contributed by atoms with Crippen LogP contribution in [-0.2, 0) is 5.41 Å². The Morgan fingerprint density at radius 2 is 2.33 bits per heavy atom. The van der Waals surface area contributed by atoms with E-state index in [0.29, 0.717) is 0 Å². The van der Waals surface area contributed by atoms with Gasteiger partial charge in [-0.25, -0.2) is 0 Å². The first-order chi connectivity index (χ1) is 7.10. The molecule has 1 atom stereocenters. The van der Waals surface area contributed by atoms with E-state index in [0.717, 1.165) is 13.0 Å². The highest BCUT2D eigenvalue weighted by molar-refractivity contribution is 7.10. The molecule has 0 saturated heterocycles. The number of hydrogen-bond donors (Lipinski definition) is 1. The number of rotatable bonds is 5. The zero-order valence-corrected chi connectivity index (χ0v) is 10.5. The molecule has 82 valence electrons. The van der Waals surface area contributed by atoms with Gasteiger partial charge in [-0.2, -0.15) is 0 Å². The maximum Gasteiger partial charge on any atom is 0.0684 e. The van der Waals surface area contributed by atoms with E-state index in [2.05, 4.69) is 49.5 Å². The standard InChI is InChI=1S/C13H19NS/c1-5-11(6-2)14-10-13(3,4)12-8-7-9-15-12/h1,7-9,11,14H,6,10H2,2-4H3. The van der Waals surface area contributed by atoms with E-state index in [-0.39, 0.29) is 11.5 Å². The Labute approximate surface area is 96.9 Å². The third-order valence-electron chi connectivity index (χ3n) is 2.59. The van der Waals surface area contributed by atoms with E-state index in [1.165, 1.54) is 4.88 Å². The maximum atomic E-state index is 5.42. The Kier molecular flexibility index (Phi) is 4.38. The minimum atomic E-state index is 0.165. The van der Waals surface area contributed by atoms with Gasteiger partial charge < -0.3 is 5.32 Å². The highest BCUT2D eigenvalue weighted by Crippen LogP contribution is 2.26. The van der Waals surface area contributed by atoms with E-state index in [4.69, 9.17) is 6.42 Å². The molecule has 1 aromatic rings. The van der Waals surface area contributed by atoms with Crippen molar-refractivity contribution in [3.8, 4) is 12.3 Å². The molecule has 0 aromatic carbocycles. The first-order valence-corrected chi connectivity index (χ1v) is 6.21. The van der Waals surface area contributed by atoms with Gasteiger partial charge in [0.05, 0.1) is 6.04 Å². The van der Waals surface area contributed by atoms with Crippen LogP contribution in [0.15, 0.2) is 17.5 Å². The van der Waals surface area contributed by atoms with Crippen LogP contribution in [0.2, 0.25) is 0 Å². The number of terminal acetylenes is 1. The summed E-state index contributed by atoms with van der Waals surface area (Å²) in [6.45, 7) is 7.52. The first-order valence-electron chi connectivity index (χ1n) is 5.33. The third kappa shape index (κ3) is 3.37. The Balaban J connectivity index is 2.55. The molecule has 1 aromatic heterocycles. The van der Waals surface area contributed by atoms with Crippen molar-refractivity contribution in [2.24, 2.45) is 0 Å². The smallest absolute Gasteiger partial charge is 0.0684 e. The van der Waals surface area contributed by atoms with Gasteiger partial charge in [-0.15, -0.1) is 17.8 Å². The minimum absolute atomic E-state index is 0.165. The normalized spacial score (nSPS) is 13.5. The molecule has 1 rings (SSSR count). The van der Waals surface area contributed by atoms with E-state index >= 15 is 0 Å². The molecule has 0 amide bonds. The Morgan fingerprint density at radius 1 is 1.60 bits per heavy atom. The summed E-state index contributed by atoms with van der Waals surface area (Å²) in [4.78, 5) is 1.40. The third-order valence-corrected chi connectivity index (χ3v) is 3.82. The van der Waals surface area contributed by atoms with Crippen LogP contribution in [0.3, 0.4) is 0 Å². The molecule has 1 nitrogen and oxygen atoms in total. The van der Waals surface area contributed by atoms with Crippen LogP contribution < -0.4 is 5.32 Å². The predicted octanol–water partition coefficient (Wildman–Crippen LogP) is 3.03. The molecular weight excluding hydrogens is 202 g/mol. The summed E-state index contributed by atoms with van der Waals surface area (Å²) in [5.41, 5.74) is 0.165. The lowest BCUT2D eigenvalue weighted by Crippen LogP contribution is -2.37. The average Bonchev–Trinajstić information content (AvgIpc) is 2.72. The van der Waals surface area contributed by atoms with E-state index in [1.54, 1.807) is 11.3 Å². The number of nitrogens with one attached hydrogen (secondary N) is 1. The van der Waals surface area contributed by atoms with Crippen molar-refractivity contribution in [2.75, 3.05) is 6.54 Å². The van der Waals surface area contributed by atoms with Crippen LogP contribution in [0, 0.1) is 12.3 Å². The van der Waals surface area contributed by atoms with Gasteiger partial charge in [0.2, 0.25) is 0 Å². The Bertz CT molecular complexity index is 319. The lowest BCUT2D eigenvalue weighted by Gasteiger charge is -2.25. The van der Waals surface area contributed by atoms with Crippen molar-refractivity contribution < 1.29 is 0 Å². The number of thiophene rings is 1. The summed E-state index contributed by atoms with van der Waals surface area (Å²) >= 11 is 1.81. The van der Waals surface area contributed by atoms with Crippen molar-refractivity contribution in [1.29, 1.82) is 0 Å². The molecule has 0 fully saturated rings. The second kappa shape index (κ2) is 5.34. The van der Waals surface area contributed by atoms with Crippen molar-refractivity contribution >= 4 is 11.3 Å². The van der Waals surface area contributed by atoms with E-state index in [9.17, 15) is 0 Å². The monoisotopic (exact) mass is 221 g/mol. The van der Waals surface area contributed by atoms with Crippen LogP contribution in [0.4, 0.5) is 0 Å². The van der Waals surface area contributed by atoms with Crippen LogP contribution in [0.5, 0.6) is 0 Å². The minimum Gasteiger partial charge on any atom is -0.303 e. The van der Waals surface area contributed by atoms with Gasteiger partial charge in [0.1, 0.15) is 0 Å². The highest BCUT2D eigenvalue weighted by atomic mass is 32.1. The van der Waals surface area contributed by atoms with Crippen LogP contribution >= 0.6 is 11.3 Å². The highest BCUT2D eigenvalue weighted by Gasteiger charge is 2.21. The molecule has 15 heavy (non-hydrogen) atoms. The molecule has 0 aliphatic rings. The van der Waals surface area contributed by atoms with Gasteiger partial charge in [0, 0.05) is 16.8 Å². The number of hydrogen-bond acceptors (Lipinski definition) is 2. The molecule has 1 N–H and O–H groups in total. The van der Waals surface area contributed by atoms with Crippen molar-refractivity contribution in [3.63, 3.8) is 0 Å². The van der Waals surface area contributed by atoms with Crippen molar-refractivity contribution in [3.05, 3.63) is 22.4 Å². The van der Waals surface area contributed by atoms with Gasteiger partial charge >= 0.3 is 0 Å². The van der Waals surface area contributed by atoms with Gasteiger partial charge in [0.15, 0.2) is 0 Å². The van der Waals surface area contributed by atoms with Gasteiger partial charge in [-0.05, 0) is 17.9 Å². The molecule has 0 aliphatic heterocycles. The average molecular weight is 221 g/mol. The maximum absolute atomic E-state index is 5.42. The van der Waals surface area contributed by atoms with Crippen molar-refractivity contribution in [1.82, 2.24) is 5.32 Å². The fourth-order valence-corrected chi connectivity index (χ4v) is 2.30. The summed E-state index contributed by atoms with van der Waals surface area (Å²) < 4.78 is 0.